The van der Waals surface area contributed by atoms with Crippen LogP contribution in [0.2, 0.25) is 18.1 Å². The first-order valence-electron chi connectivity index (χ1n) is 14.9. The van der Waals surface area contributed by atoms with E-state index < -0.39 is 20.0 Å². The van der Waals surface area contributed by atoms with Crippen molar-refractivity contribution < 1.29 is 33.3 Å². The third-order valence-corrected chi connectivity index (χ3v) is 12.7. The fraction of sp³-hybridized carbons (Fsp3) is 0.903. The molecule has 39 heavy (non-hydrogen) atoms. The minimum Gasteiger partial charge on any atom is -0.460 e. The van der Waals surface area contributed by atoms with E-state index in [0.29, 0.717) is 26.1 Å². The number of allylic oxidation sites excluding steroid dienone is 2. The molecule has 0 bridgehead atoms. The average Bonchev–Trinajstić information content (AvgIpc) is 3.26. The van der Waals surface area contributed by atoms with Gasteiger partial charge in [-0.25, -0.2) is 0 Å². The van der Waals surface area contributed by atoms with Gasteiger partial charge in [0.1, 0.15) is 12.4 Å². The third kappa shape index (κ3) is 13.2. The average molecular weight is 573 g/mol. The molecule has 7 nitrogen and oxygen atoms in total. The van der Waals surface area contributed by atoms with Crippen molar-refractivity contribution in [2.24, 2.45) is 17.8 Å². The summed E-state index contributed by atoms with van der Waals surface area (Å²) in [4.78, 5) is 12.7. The number of hydrogen-bond donors (Lipinski definition) is 1. The molecule has 1 aliphatic rings. The normalized spacial score (nSPS) is 21.5. The lowest BCUT2D eigenvalue weighted by molar-refractivity contribution is -0.156. The molecule has 1 aliphatic carbocycles. The second-order valence-electron chi connectivity index (χ2n) is 13.7. The van der Waals surface area contributed by atoms with E-state index in [1.807, 2.05) is 20.8 Å². The molecule has 0 radical (unpaired) electrons. The van der Waals surface area contributed by atoms with Crippen molar-refractivity contribution in [2.45, 2.75) is 136 Å². The van der Waals surface area contributed by atoms with Crippen molar-refractivity contribution in [3.8, 4) is 0 Å². The summed E-state index contributed by atoms with van der Waals surface area (Å²) < 4.78 is 29.0. The standard InChI is InChI=1S/C31H60O7Si/c1-12-25(36-22-35-20-19-34-9)16-14-18-27(32)23(2)29(38-39(10,11)31(6,7)8)26-17-13-15-24(26)21-28(33)37-30(3,4)5/h13,15,23-27,29,32H,12,14,16-22H2,1-11H3/t23-,24+,25+,26+,27+,29+/m1/s1. The van der Waals surface area contributed by atoms with Crippen LogP contribution in [0.15, 0.2) is 12.2 Å². The van der Waals surface area contributed by atoms with Crippen molar-refractivity contribution in [1.82, 2.24) is 0 Å². The van der Waals surface area contributed by atoms with Gasteiger partial charge in [0.05, 0.1) is 37.9 Å². The van der Waals surface area contributed by atoms with Gasteiger partial charge in [-0.1, -0.05) is 46.8 Å². The maximum atomic E-state index is 12.7. The van der Waals surface area contributed by atoms with Crippen LogP contribution in [0.5, 0.6) is 0 Å². The Balaban J connectivity index is 2.90. The summed E-state index contributed by atoms with van der Waals surface area (Å²) in [5.74, 6) is -0.0730. The molecule has 0 saturated heterocycles. The summed E-state index contributed by atoms with van der Waals surface area (Å²) in [5.41, 5.74) is -0.508. The molecule has 0 amide bonds. The molecular formula is C31H60O7Si. The predicted molar refractivity (Wildman–Crippen MR) is 160 cm³/mol. The summed E-state index contributed by atoms with van der Waals surface area (Å²) in [5, 5.41) is 11.4. The van der Waals surface area contributed by atoms with Gasteiger partial charge in [-0.2, -0.15) is 0 Å². The lowest BCUT2D eigenvalue weighted by Gasteiger charge is -2.45. The molecule has 0 unspecified atom stereocenters. The van der Waals surface area contributed by atoms with Crippen LogP contribution in [-0.2, 0) is 28.2 Å². The number of methoxy groups -OCH3 is 1. The molecule has 0 aliphatic heterocycles. The number of ether oxygens (including phenoxy) is 4. The fourth-order valence-corrected chi connectivity index (χ4v) is 6.21. The first kappa shape index (κ1) is 36.3. The molecule has 0 aromatic rings. The second kappa shape index (κ2) is 16.6. The maximum Gasteiger partial charge on any atom is 0.306 e. The van der Waals surface area contributed by atoms with E-state index >= 15 is 0 Å². The molecule has 0 aromatic carbocycles. The van der Waals surface area contributed by atoms with Crippen molar-refractivity contribution in [3.63, 3.8) is 0 Å². The molecule has 6 atom stereocenters. The van der Waals surface area contributed by atoms with Crippen LogP contribution < -0.4 is 0 Å². The largest absolute Gasteiger partial charge is 0.460 e. The molecule has 1 rings (SSSR count). The van der Waals surface area contributed by atoms with Crippen molar-refractivity contribution in [2.75, 3.05) is 27.1 Å². The van der Waals surface area contributed by atoms with Gasteiger partial charge in [-0.15, -0.1) is 0 Å². The SMILES string of the molecule is CC[C@@H](CCC[C@H](O)[C@@H](C)[C@H](O[Si](C)(C)C(C)(C)C)[C@H]1CC=C[C@H]1CC(=O)OC(C)(C)C)OCOCCOC. The van der Waals surface area contributed by atoms with Crippen LogP contribution in [-0.4, -0.2) is 70.4 Å². The van der Waals surface area contributed by atoms with Gasteiger partial charge in [-0.05, 0) is 82.8 Å². The highest BCUT2D eigenvalue weighted by Crippen LogP contribution is 2.43. The summed E-state index contributed by atoms with van der Waals surface area (Å²) in [6.45, 7) is 22.5. The summed E-state index contributed by atoms with van der Waals surface area (Å²) in [7, 11) is -0.479. The van der Waals surface area contributed by atoms with Crippen molar-refractivity contribution >= 4 is 14.3 Å². The monoisotopic (exact) mass is 572 g/mol. The highest BCUT2D eigenvalue weighted by Gasteiger charge is 2.45. The number of aliphatic hydroxyl groups is 1. The maximum absolute atomic E-state index is 12.7. The Morgan fingerprint density at radius 2 is 1.77 bits per heavy atom. The number of carbonyl (C=O) groups is 1. The fourth-order valence-electron chi connectivity index (χ4n) is 4.79. The number of carbonyl (C=O) groups excluding carboxylic acids is 1. The molecule has 0 heterocycles. The topological polar surface area (TPSA) is 83.5 Å². The van der Waals surface area contributed by atoms with E-state index in [2.05, 4.69) is 59.9 Å². The van der Waals surface area contributed by atoms with Crippen LogP contribution in [0.4, 0.5) is 0 Å². The van der Waals surface area contributed by atoms with Gasteiger partial charge in [0, 0.05) is 13.0 Å². The van der Waals surface area contributed by atoms with E-state index in [9.17, 15) is 9.90 Å². The quantitative estimate of drug-likeness (QED) is 0.0630. The first-order valence-corrected chi connectivity index (χ1v) is 17.9. The summed E-state index contributed by atoms with van der Waals surface area (Å²) >= 11 is 0. The number of hydrogen-bond acceptors (Lipinski definition) is 7. The van der Waals surface area contributed by atoms with Crippen LogP contribution in [0.1, 0.15) is 93.9 Å². The van der Waals surface area contributed by atoms with E-state index in [-0.39, 0.29) is 47.8 Å². The molecule has 0 fully saturated rings. The molecule has 0 saturated carbocycles. The van der Waals surface area contributed by atoms with E-state index in [0.717, 1.165) is 25.7 Å². The van der Waals surface area contributed by atoms with Crippen LogP contribution in [0.25, 0.3) is 0 Å². The van der Waals surface area contributed by atoms with Crippen LogP contribution >= 0.6 is 0 Å². The lowest BCUT2D eigenvalue weighted by atomic mass is 9.79. The third-order valence-electron chi connectivity index (χ3n) is 8.25. The summed E-state index contributed by atoms with van der Waals surface area (Å²) in [6.07, 6.45) is 8.26. The number of esters is 1. The second-order valence-corrected chi connectivity index (χ2v) is 18.5. The Kier molecular flexibility index (Phi) is 15.4. The Morgan fingerprint density at radius 1 is 1.10 bits per heavy atom. The zero-order valence-corrected chi connectivity index (χ0v) is 27.9. The minimum atomic E-state index is -2.13. The van der Waals surface area contributed by atoms with Gasteiger partial charge in [0.25, 0.3) is 0 Å². The molecule has 1 N–H and O–H groups in total. The Labute approximate surface area is 240 Å². The Morgan fingerprint density at radius 3 is 2.33 bits per heavy atom. The van der Waals surface area contributed by atoms with Crippen LogP contribution in [0.3, 0.4) is 0 Å². The Hall–Kier alpha value is -0.773. The zero-order chi connectivity index (χ0) is 29.9. The van der Waals surface area contributed by atoms with Crippen molar-refractivity contribution in [3.05, 3.63) is 12.2 Å². The number of rotatable bonds is 18. The Bertz CT molecular complexity index is 725. The van der Waals surface area contributed by atoms with Gasteiger partial charge in [0.2, 0.25) is 0 Å². The van der Waals surface area contributed by atoms with Crippen LogP contribution in [0, 0.1) is 17.8 Å². The molecule has 8 heteroatoms. The summed E-state index contributed by atoms with van der Waals surface area (Å²) in [6, 6.07) is 0. The van der Waals surface area contributed by atoms with Gasteiger partial charge >= 0.3 is 5.97 Å². The lowest BCUT2D eigenvalue weighted by Crippen LogP contribution is -2.50. The minimum absolute atomic E-state index is 0.0413. The molecule has 230 valence electrons. The highest BCUT2D eigenvalue weighted by molar-refractivity contribution is 6.74. The van der Waals surface area contributed by atoms with E-state index in [4.69, 9.17) is 23.4 Å². The molecule has 0 aromatic heterocycles. The smallest absolute Gasteiger partial charge is 0.306 e. The highest BCUT2D eigenvalue weighted by atomic mass is 28.4. The zero-order valence-electron chi connectivity index (χ0n) is 26.9. The van der Waals surface area contributed by atoms with Crippen molar-refractivity contribution in [1.29, 1.82) is 0 Å². The van der Waals surface area contributed by atoms with E-state index in [1.165, 1.54) is 0 Å². The van der Waals surface area contributed by atoms with Gasteiger partial charge < -0.3 is 28.5 Å². The molecular weight excluding hydrogens is 512 g/mol. The van der Waals surface area contributed by atoms with Gasteiger partial charge in [0.15, 0.2) is 8.32 Å². The van der Waals surface area contributed by atoms with Gasteiger partial charge in [-0.3, -0.25) is 4.79 Å². The molecule has 0 spiro atoms. The predicted octanol–water partition coefficient (Wildman–Crippen LogP) is 6.88. The number of aliphatic hydroxyl groups excluding tert-OH is 1. The van der Waals surface area contributed by atoms with E-state index in [1.54, 1.807) is 7.11 Å². The first-order chi connectivity index (χ1) is 18.0.